The first kappa shape index (κ1) is 16.4. The molecule has 0 N–H and O–H groups in total. The fourth-order valence-corrected chi connectivity index (χ4v) is 6.17. The van der Waals surface area contributed by atoms with Gasteiger partial charge in [0.25, 0.3) is 0 Å². The zero-order valence-corrected chi connectivity index (χ0v) is 14.7. The van der Waals surface area contributed by atoms with E-state index in [9.17, 15) is 0 Å². The van der Waals surface area contributed by atoms with Crippen LogP contribution in [0.1, 0.15) is 23.1 Å². The predicted octanol–water partition coefficient (Wildman–Crippen LogP) is 6.57. The van der Waals surface area contributed by atoms with E-state index in [1.54, 1.807) is 24.3 Å². The average molecular weight is 352 g/mol. The SMILES string of the molecule is FP1CCC(c2ccccc2)(c2ccccc2)C1(F)c1ccccc1. The van der Waals surface area contributed by atoms with Crippen LogP contribution in [0, 0.1) is 0 Å². The first-order valence-electron chi connectivity index (χ1n) is 8.48. The van der Waals surface area contributed by atoms with E-state index < -0.39 is 19.1 Å². The summed E-state index contributed by atoms with van der Waals surface area (Å²) in [5.41, 5.74) is 1.12. The van der Waals surface area contributed by atoms with Crippen LogP contribution in [0.3, 0.4) is 0 Å². The van der Waals surface area contributed by atoms with Gasteiger partial charge in [0.15, 0.2) is 5.41 Å². The summed E-state index contributed by atoms with van der Waals surface area (Å²) >= 11 is 0. The van der Waals surface area contributed by atoms with Gasteiger partial charge in [0.2, 0.25) is 0 Å². The Morgan fingerprint density at radius 3 is 1.48 bits per heavy atom. The van der Waals surface area contributed by atoms with E-state index in [2.05, 4.69) is 0 Å². The standard InChI is InChI=1S/C22H19F2P/c23-22(20-14-8-3-9-15-20)21(16-17-25(22)24,18-10-4-1-5-11-18)19-12-6-2-7-13-19/h1-15H,16-17H2. The minimum Gasteiger partial charge on any atom is -0.229 e. The fraction of sp³-hybridized carbons (Fsp3) is 0.182. The molecule has 1 fully saturated rings. The van der Waals surface area contributed by atoms with Crippen molar-refractivity contribution in [3.05, 3.63) is 108 Å². The van der Waals surface area contributed by atoms with Gasteiger partial charge < -0.3 is 0 Å². The topological polar surface area (TPSA) is 0 Å². The second kappa shape index (κ2) is 6.35. The molecule has 0 bridgehead atoms. The van der Waals surface area contributed by atoms with Crippen molar-refractivity contribution in [2.45, 2.75) is 17.2 Å². The van der Waals surface area contributed by atoms with Crippen LogP contribution in [-0.4, -0.2) is 6.16 Å². The Bertz CT molecular complexity index is 796. The summed E-state index contributed by atoms with van der Waals surface area (Å²) in [6.07, 6.45) is 0.735. The highest BCUT2D eigenvalue weighted by Gasteiger charge is 2.65. The average Bonchev–Trinajstić information content (AvgIpc) is 2.97. The number of alkyl halides is 1. The van der Waals surface area contributed by atoms with E-state index >= 15 is 8.59 Å². The van der Waals surface area contributed by atoms with Gasteiger partial charge in [0.1, 0.15) is 8.23 Å². The molecule has 4 rings (SSSR count). The lowest BCUT2D eigenvalue weighted by Gasteiger charge is -2.42. The van der Waals surface area contributed by atoms with Crippen LogP contribution in [0.25, 0.3) is 0 Å². The molecule has 3 aromatic rings. The van der Waals surface area contributed by atoms with Gasteiger partial charge in [-0.2, -0.15) is 0 Å². The highest BCUT2D eigenvalue weighted by Crippen LogP contribution is 2.75. The molecule has 3 aromatic carbocycles. The Morgan fingerprint density at radius 2 is 1.04 bits per heavy atom. The maximum atomic E-state index is 16.8. The van der Waals surface area contributed by atoms with Gasteiger partial charge in [-0.25, -0.2) is 8.59 Å². The predicted molar refractivity (Wildman–Crippen MR) is 100 cm³/mol. The minimum atomic E-state index is -2.29. The molecule has 0 aliphatic carbocycles. The van der Waals surface area contributed by atoms with Crippen LogP contribution in [-0.2, 0) is 10.8 Å². The second-order valence-electron chi connectivity index (χ2n) is 6.46. The third-order valence-corrected chi connectivity index (χ3v) is 7.20. The van der Waals surface area contributed by atoms with Gasteiger partial charge in [-0.1, -0.05) is 91.0 Å². The molecule has 0 amide bonds. The highest BCUT2D eigenvalue weighted by molar-refractivity contribution is 7.53. The molecule has 2 atom stereocenters. The van der Waals surface area contributed by atoms with E-state index in [0.29, 0.717) is 12.0 Å². The summed E-state index contributed by atoms with van der Waals surface area (Å²) in [4.78, 5) is 0. The lowest BCUT2D eigenvalue weighted by Crippen LogP contribution is -2.41. The van der Waals surface area contributed by atoms with E-state index in [4.69, 9.17) is 0 Å². The van der Waals surface area contributed by atoms with E-state index in [0.717, 1.165) is 11.1 Å². The number of halogens is 2. The molecule has 0 radical (unpaired) electrons. The van der Waals surface area contributed by atoms with Crippen molar-refractivity contribution in [1.29, 1.82) is 0 Å². The Labute approximate surface area is 148 Å². The smallest absolute Gasteiger partial charge is 0.197 e. The summed E-state index contributed by atoms with van der Waals surface area (Å²) in [5, 5.41) is -2.04. The lowest BCUT2D eigenvalue weighted by molar-refractivity contribution is 0.179. The van der Waals surface area contributed by atoms with Crippen LogP contribution >= 0.6 is 8.23 Å². The molecule has 1 saturated heterocycles. The van der Waals surface area contributed by atoms with E-state index in [1.807, 2.05) is 66.7 Å². The fourth-order valence-electron chi connectivity index (χ4n) is 4.12. The maximum absolute atomic E-state index is 16.8. The molecule has 2 unspecified atom stereocenters. The van der Waals surface area contributed by atoms with Crippen molar-refractivity contribution in [2.75, 3.05) is 6.16 Å². The van der Waals surface area contributed by atoms with Gasteiger partial charge in [0.05, 0.1) is 5.41 Å². The van der Waals surface area contributed by atoms with Gasteiger partial charge in [0, 0.05) is 6.16 Å². The molecule has 126 valence electrons. The lowest BCUT2D eigenvalue weighted by atomic mass is 9.67. The Morgan fingerprint density at radius 1 is 0.640 bits per heavy atom. The quantitative estimate of drug-likeness (QED) is 0.468. The molecule has 3 heteroatoms. The van der Waals surface area contributed by atoms with E-state index in [-0.39, 0.29) is 6.16 Å². The first-order valence-corrected chi connectivity index (χ1v) is 9.90. The van der Waals surface area contributed by atoms with Crippen LogP contribution < -0.4 is 0 Å². The number of hydrogen-bond donors (Lipinski definition) is 0. The molecule has 0 saturated carbocycles. The van der Waals surface area contributed by atoms with Crippen molar-refractivity contribution in [3.8, 4) is 0 Å². The highest BCUT2D eigenvalue weighted by atomic mass is 31.2. The maximum Gasteiger partial charge on any atom is 0.197 e. The summed E-state index contributed by atoms with van der Waals surface area (Å²) in [7, 11) is -2.29. The first-order chi connectivity index (χ1) is 12.2. The van der Waals surface area contributed by atoms with Gasteiger partial charge >= 0.3 is 0 Å². The molecule has 25 heavy (non-hydrogen) atoms. The van der Waals surface area contributed by atoms with Crippen LogP contribution in [0.5, 0.6) is 0 Å². The summed E-state index contributed by atoms with van der Waals surface area (Å²) in [5.74, 6) is 0. The summed E-state index contributed by atoms with van der Waals surface area (Å²) in [6, 6.07) is 28.0. The van der Waals surface area contributed by atoms with Crippen LogP contribution in [0.2, 0.25) is 0 Å². The van der Waals surface area contributed by atoms with Gasteiger partial charge in [-0.3, -0.25) is 0 Å². The summed E-state index contributed by atoms with van der Waals surface area (Å²) < 4.78 is 32.0. The van der Waals surface area contributed by atoms with Gasteiger partial charge in [-0.05, 0) is 23.1 Å². The number of hydrogen-bond acceptors (Lipinski definition) is 0. The minimum absolute atomic E-state index is 0.268. The zero-order chi connectivity index (χ0) is 17.3. The molecular weight excluding hydrogens is 333 g/mol. The van der Waals surface area contributed by atoms with Gasteiger partial charge in [-0.15, -0.1) is 0 Å². The number of benzene rings is 3. The molecule has 1 aliphatic heterocycles. The van der Waals surface area contributed by atoms with E-state index in [1.165, 1.54) is 0 Å². The Hall–Kier alpha value is -2.05. The van der Waals surface area contributed by atoms with Crippen molar-refractivity contribution in [1.82, 2.24) is 0 Å². The largest absolute Gasteiger partial charge is 0.229 e. The molecule has 0 nitrogen and oxygen atoms in total. The zero-order valence-electron chi connectivity index (χ0n) is 13.8. The molecule has 1 aliphatic rings. The van der Waals surface area contributed by atoms with Crippen molar-refractivity contribution in [3.63, 3.8) is 0 Å². The van der Waals surface area contributed by atoms with Crippen LogP contribution in [0.15, 0.2) is 91.0 Å². The van der Waals surface area contributed by atoms with Crippen molar-refractivity contribution < 1.29 is 8.59 Å². The molecule has 0 spiro atoms. The molecule has 0 aromatic heterocycles. The Kier molecular flexibility index (Phi) is 4.17. The third kappa shape index (κ3) is 2.35. The third-order valence-electron chi connectivity index (χ3n) is 5.27. The van der Waals surface area contributed by atoms with Crippen LogP contribution in [0.4, 0.5) is 8.59 Å². The Balaban J connectivity index is 2.04. The van der Waals surface area contributed by atoms with Crippen molar-refractivity contribution >= 4 is 8.23 Å². The molecule has 1 heterocycles. The monoisotopic (exact) mass is 352 g/mol. The second-order valence-corrected chi connectivity index (χ2v) is 8.25. The van der Waals surface area contributed by atoms with Crippen molar-refractivity contribution in [2.24, 2.45) is 0 Å². The summed E-state index contributed by atoms with van der Waals surface area (Å²) in [6.45, 7) is 0. The normalized spacial score (nSPS) is 25.0. The number of rotatable bonds is 3. The molecular formula is C22H19F2P.